The Hall–Kier alpha value is -1.67. The van der Waals surface area contributed by atoms with Gasteiger partial charge in [0, 0.05) is 12.2 Å². The summed E-state index contributed by atoms with van der Waals surface area (Å²) < 4.78 is 1.92. The summed E-state index contributed by atoms with van der Waals surface area (Å²) >= 11 is 0. The van der Waals surface area contributed by atoms with Crippen molar-refractivity contribution in [2.45, 2.75) is 51.6 Å². The Morgan fingerprint density at radius 1 is 1.17 bits per heavy atom. The molecule has 0 unspecified atom stereocenters. The van der Waals surface area contributed by atoms with Crippen LogP contribution in [0, 0.1) is 6.92 Å². The van der Waals surface area contributed by atoms with Crippen LogP contribution in [0.5, 0.6) is 0 Å². The molecule has 30 heavy (non-hydrogen) atoms. The lowest BCUT2D eigenvalue weighted by atomic mass is 10.1. The number of halogens is 2. The van der Waals surface area contributed by atoms with Gasteiger partial charge in [0.05, 0.1) is 11.7 Å². The van der Waals surface area contributed by atoms with Crippen LogP contribution in [0.3, 0.4) is 0 Å². The molecule has 2 fully saturated rings. The molecule has 0 aliphatic carbocycles. The Morgan fingerprint density at radius 3 is 2.63 bits per heavy atom. The quantitative estimate of drug-likeness (QED) is 0.721. The van der Waals surface area contributed by atoms with Crippen LogP contribution < -0.4 is 10.6 Å². The summed E-state index contributed by atoms with van der Waals surface area (Å²) in [6.07, 6.45) is 5.93. The van der Waals surface area contributed by atoms with Crippen molar-refractivity contribution < 1.29 is 4.79 Å². The van der Waals surface area contributed by atoms with Crippen LogP contribution in [0.25, 0.3) is 0 Å². The van der Waals surface area contributed by atoms with Crippen molar-refractivity contribution in [3.8, 4) is 0 Å². The molecule has 1 aromatic heterocycles. The molecule has 1 amide bonds. The van der Waals surface area contributed by atoms with Crippen molar-refractivity contribution in [3.63, 3.8) is 0 Å². The summed E-state index contributed by atoms with van der Waals surface area (Å²) in [6.45, 7) is 7.16. The Bertz CT molecular complexity index is 816. The summed E-state index contributed by atoms with van der Waals surface area (Å²) in [4.78, 5) is 15.3. The summed E-state index contributed by atoms with van der Waals surface area (Å²) in [5.74, 6) is -0.187. The fraction of sp³-hybridized carbons (Fsp3) is 0.571. The molecule has 0 saturated carbocycles. The normalized spacial score (nSPS) is 17.6. The third kappa shape index (κ3) is 5.94. The van der Waals surface area contributed by atoms with Crippen LogP contribution in [0.4, 0.5) is 5.69 Å². The zero-order valence-electron chi connectivity index (χ0n) is 17.5. The van der Waals surface area contributed by atoms with Crippen molar-refractivity contribution >= 4 is 36.4 Å². The van der Waals surface area contributed by atoms with Crippen LogP contribution in [0.1, 0.15) is 59.9 Å². The molecule has 0 spiro atoms. The Kier molecular flexibility index (Phi) is 9.55. The van der Waals surface area contributed by atoms with Crippen LogP contribution >= 0.6 is 24.8 Å². The van der Waals surface area contributed by atoms with Crippen LogP contribution in [-0.4, -0.2) is 52.0 Å². The van der Waals surface area contributed by atoms with E-state index in [1.165, 1.54) is 24.8 Å². The molecule has 1 aromatic carbocycles. The molecule has 166 valence electrons. The number of aromatic nitrogens is 3. The molecule has 4 rings (SSSR count). The summed E-state index contributed by atoms with van der Waals surface area (Å²) in [5.41, 5.74) is 3.30. The molecule has 7 nitrogen and oxygen atoms in total. The monoisotopic (exact) mass is 454 g/mol. The minimum absolute atomic E-state index is 0. The van der Waals surface area contributed by atoms with Gasteiger partial charge in [-0.25, -0.2) is 4.68 Å². The van der Waals surface area contributed by atoms with Gasteiger partial charge in [0.25, 0.3) is 5.91 Å². The second kappa shape index (κ2) is 11.6. The Morgan fingerprint density at radius 2 is 1.90 bits per heavy atom. The highest BCUT2D eigenvalue weighted by Crippen LogP contribution is 2.21. The van der Waals surface area contributed by atoms with E-state index in [0.717, 1.165) is 56.9 Å². The molecule has 3 heterocycles. The SMILES string of the molecule is Cc1c(C(=O)Nc2cccc(CN3CCCCC3)c2)nnn1C1CCNCC1.Cl.Cl. The van der Waals surface area contributed by atoms with Gasteiger partial charge in [0.1, 0.15) is 0 Å². The molecule has 2 aromatic rings. The van der Waals surface area contributed by atoms with Crippen LogP contribution in [-0.2, 0) is 6.54 Å². The molecule has 2 aliphatic rings. The highest BCUT2D eigenvalue weighted by atomic mass is 35.5. The minimum atomic E-state index is -0.187. The number of carbonyl (C=O) groups excluding carboxylic acids is 1. The van der Waals surface area contributed by atoms with E-state index in [1.807, 2.05) is 23.7 Å². The number of nitrogens with one attached hydrogen (secondary N) is 2. The molecular formula is C21H32Cl2N6O. The van der Waals surface area contributed by atoms with E-state index in [-0.39, 0.29) is 30.7 Å². The van der Waals surface area contributed by atoms with Gasteiger partial charge in [-0.05, 0) is 76.5 Å². The van der Waals surface area contributed by atoms with Crippen LogP contribution in [0.15, 0.2) is 24.3 Å². The van der Waals surface area contributed by atoms with Crippen molar-refractivity contribution in [1.82, 2.24) is 25.2 Å². The van der Waals surface area contributed by atoms with Gasteiger partial charge in [-0.1, -0.05) is 23.8 Å². The number of hydrogen-bond donors (Lipinski definition) is 2. The number of piperidine rings is 2. The molecular weight excluding hydrogens is 423 g/mol. The zero-order chi connectivity index (χ0) is 19.3. The molecule has 0 radical (unpaired) electrons. The lowest BCUT2D eigenvalue weighted by molar-refractivity contribution is 0.102. The van der Waals surface area contributed by atoms with E-state index in [2.05, 4.69) is 38.0 Å². The maximum absolute atomic E-state index is 12.8. The number of likely N-dealkylation sites (tertiary alicyclic amines) is 1. The fourth-order valence-corrected chi connectivity index (χ4v) is 4.26. The summed E-state index contributed by atoms with van der Waals surface area (Å²) in [7, 11) is 0. The van der Waals surface area contributed by atoms with E-state index in [1.54, 1.807) is 0 Å². The number of amides is 1. The average molecular weight is 455 g/mol. The van der Waals surface area contributed by atoms with Gasteiger partial charge < -0.3 is 10.6 Å². The van der Waals surface area contributed by atoms with Crippen molar-refractivity contribution in [1.29, 1.82) is 0 Å². The number of nitrogens with zero attached hydrogens (tertiary/aromatic N) is 4. The maximum Gasteiger partial charge on any atom is 0.278 e. The lowest BCUT2D eigenvalue weighted by Crippen LogP contribution is -2.30. The maximum atomic E-state index is 12.8. The third-order valence-electron chi connectivity index (χ3n) is 5.84. The fourth-order valence-electron chi connectivity index (χ4n) is 4.26. The van der Waals surface area contributed by atoms with E-state index in [4.69, 9.17) is 0 Å². The lowest BCUT2D eigenvalue weighted by Gasteiger charge is -2.26. The van der Waals surface area contributed by atoms with Crippen molar-refractivity contribution in [3.05, 3.63) is 41.2 Å². The van der Waals surface area contributed by atoms with Gasteiger partial charge in [-0.15, -0.1) is 29.9 Å². The first kappa shape index (κ1) is 24.6. The number of carbonyl (C=O) groups is 1. The minimum Gasteiger partial charge on any atom is -0.321 e. The van der Waals surface area contributed by atoms with E-state index < -0.39 is 0 Å². The number of hydrogen-bond acceptors (Lipinski definition) is 5. The summed E-state index contributed by atoms with van der Waals surface area (Å²) in [5, 5.41) is 14.8. The Balaban J connectivity index is 0.00000160. The van der Waals surface area contributed by atoms with Crippen molar-refractivity contribution in [2.75, 3.05) is 31.5 Å². The number of benzene rings is 1. The predicted octanol–water partition coefficient (Wildman–Crippen LogP) is 3.59. The van der Waals surface area contributed by atoms with Gasteiger partial charge >= 0.3 is 0 Å². The molecule has 2 aliphatic heterocycles. The van der Waals surface area contributed by atoms with E-state index in [9.17, 15) is 4.79 Å². The van der Waals surface area contributed by atoms with E-state index >= 15 is 0 Å². The third-order valence-corrected chi connectivity index (χ3v) is 5.84. The smallest absolute Gasteiger partial charge is 0.278 e. The largest absolute Gasteiger partial charge is 0.321 e. The first-order valence-corrected chi connectivity index (χ1v) is 10.5. The molecule has 2 saturated heterocycles. The average Bonchev–Trinajstić information content (AvgIpc) is 3.11. The Labute approximate surface area is 190 Å². The number of rotatable bonds is 5. The van der Waals surface area contributed by atoms with Gasteiger partial charge in [0.2, 0.25) is 0 Å². The highest BCUT2D eigenvalue weighted by Gasteiger charge is 2.23. The second-order valence-corrected chi connectivity index (χ2v) is 7.94. The molecule has 0 bridgehead atoms. The first-order chi connectivity index (χ1) is 13.7. The molecule has 2 N–H and O–H groups in total. The predicted molar refractivity (Wildman–Crippen MR) is 124 cm³/mol. The summed E-state index contributed by atoms with van der Waals surface area (Å²) in [6, 6.07) is 8.46. The highest BCUT2D eigenvalue weighted by molar-refractivity contribution is 6.03. The van der Waals surface area contributed by atoms with Gasteiger partial charge in [-0.3, -0.25) is 9.69 Å². The molecule has 9 heteroatoms. The topological polar surface area (TPSA) is 75.1 Å². The van der Waals surface area contributed by atoms with Gasteiger partial charge in [-0.2, -0.15) is 0 Å². The number of anilines is 1. The van der Waals surface area contributed by atoms with Crippen LogP contribution in [0.2, 0.25) is 0 Å². The zero-order valence-corrected chi connectivity index (χ0v) is 19.1. The van der Waals surface area contributed by atoms with Crippen molar-refractivity contribution in [2.24, 2.45) is 0 Å². The standard InChI is InChI=1S/C21H30N6O.2ClH/c1-16-20(24-25-27(16)19-8-10-22-11-9-19)21(28)23-18-7-5-6-17(14-18)15-26-12-3-2-4-13-26;;/h5-7,14,19,22H,2-4,8-13,15H2,1H3,(H,23,28);2*1H. The van der Waals surface area contributed by atoms with E-state index in [0.29, 0.717) is 11.7 Å². The van der Waals surface area contributed by atoms with Gasteiger partial charge in [0.15, 0.2) is 5.69 Å². The molecule has 0 atom stereocenters. The second-order valence-electron chi connectivity index (χ2n) is 7.94. The first-order valence-electron chi connectivity index (χ1n) is 10.5.